The van der Waals surface area contributed by atoms with Crippen molar-refractivity contribution < 1.29 is 0 Å². The molecule has 2 aromatic rings. The summed E-state index contributed by atoms with van der Waals surface area (Å²) in [5, 5.41) is 4.92. The number of nitrogens with one attached hydrogen (secondary N) is 2. The summed E-state index contributed by atoms with van der Waals surface area (Å²) in [6.45, 7) is 4.14. The van der Waals surface area contributed by atoms with Crippen molar-refractivity contribution in [3.63, 3.8) is 0 Å². The maximum Gasteiger partial charge on any atom is 0.154 e. The van der Waals surface area contributed by atoms with Crippen LogP contribution in [0.15, 0.2) is 35.4 Å². The number of H-pyrrole nitrogens is 1. The molecule has 0 radical (unpaired) electrons. The molecule has 0 unspecified atom stereocenters. The fraction of sp³-hybridized carbons (Fsp3) is 0.214. The summed E-state index contributed by atoms with van der Waals surface area (Å²) >= 11 is 12.8. The van der Waals surface area contributed by atoms with Gasteiger partial charge in [-0.25, -0.2) is 4.98 Å². The Labute approximate surface area is 138 Å². The molecular formula is C14H15ClN4S2. The number of thioether (sulfide) groups is 1. The predicted octanol–water partition coefficient (Wildman–Crippen LogP) is 4.08. The zero-order valence-electron chi connectivity index (χ0n) is 11.6. The van der Waals surface area contributed by atoms with E-state index in [1.165, 1.54) is 0 Å². The van der Waals surface area contributed by atoms with Crippen molar-refractivity contribution >= 4 is 46.1 Å². The summed E-state index contributed by atoms with van der Waals surface area (Å²) < 4.78 is 0.621. The molecule has 1 aromatic heterocycles. The number of hydrogen-bond donors (Lipinski definition) is 2. The molecule has 0 aliphatic heterocycles. The Balaban J connectivity index is 2.05. The van der Waals surface area contributed by atoms with Crippen LogP contribution in [0, 0.1) is 0 Å². The number of aromatic nitrogens is 2. The lowest BCUT2D eigenvalue weighted by atomic mass is 10.2. The molecule has 0 saturated carbocycles. The average molecular weight is 339 g/mol. The number of rotatable bonds is 4. The van der Waals surface area contributed by atoms with E-state index in [0.29, 0.717) is 26.2 Å². The number of halogens is 1. The van der Waals surface area contributed by atoms with Gasteiger partial charge < -0.3 is 4.98 Å². The molecular weight excluding hydrogens is 324 g/mol. The van der Waals surface area contributed by atoms with Gasteiger partial charge in [0, 0.05) is 10.8 Å². The zero-order valence-corrected chi connectivity index (χ0v) is 14.0. The summed E-state index contributed by atoms with van der Waals surface area (Å²) in [5.41, 5.74) is 4.33. The van der Waals surface area contributed by atoms with Crippen LogP contribution in [0.5, 0.6) is 0 Å². The highest BCUT2D eigenvalue weighted by Gasteiger charge is 2.08. The lowest BCUT2D eigenvalue weighted by Crippen LogP contribution is -2.13. The first kappa shape index (κ1) is 16.0. The SMILES string of the molecule is CC(C)SC(=S)N/N=C\c1nc(-c2ccccc2)[nH]c1Cl. The first-order chi connectivity index (χ1) is 10.1. The Hall–Kier alpha value is -1.37. The molecule has 0 amide bonds. The van der Waals surface area contributed by atoms with Crippen molar-refractivity contribution in [2.75, 3.05) is 0 Å². The number of nitrogens with zero attached hydrogens (tertiary/aromatic N) is 2. The number of aromatic amines is 1. The fourth-order valence-electron chi connectivity index (χ4n) is 1.57. The summed E-state index contributed by atoms with van der Waals surface area (Å²) in [7, 11) is 0. The third-order valence-corrected chi connectivity index (χ3v) is 3.86. The summed E-state index contributed by atoms with van der Waals surface area (Å²) in [5.74, 6) is 0.709. The van der Waals surface area contributed by atoms with Crippen molar-refractivity contribution in [3.8, 4) is 11.4 Å². The van der Waals surface area contributed by atoms with Gasteiger partial charge in [0.15, 0.2) is 4.32 Å². The second-order valence-electron chi connectivity index (χ2n) is 4.47. The molecule has 0 aliphatic carbocycles. The zero-order chi connectivity index (χ0) is 15.2. The number of imidazole rings is 1. The molecule has 1 aromatic carbocycles. The molecule has 1 heterocycles. The quantitative estimate of drug-likeness (QED) is 0.501. The Morgan fingerprint density at radius 2 is 2.14 bits per heavy atom. The Morgan fingerprint density at radius 1 is 1.43 bits per heavy atom. The first-order valence-electron chi connectivity index (χ1n) is 6.37. The Bertz CT molecular complexity index is 638. The third-order valence-electron chi connectivity index (χ3n) is 2.42. The van der Waals surface area contributed by atoms with Crippen LogP contribution in [-0.2, 0) is 0 Å². The van der Waals surface area contributed by atoms with Gasteiger partial charge in [-0.2, -0.15) is 5.10 Å². The minimum Gasteiger partial charge on any atom is -0.328 e. The standard InChI is InChI=1S/C14H15ClN4S2/c1-9(2)21-14(20)19-16-8-11-12(15)18-13(17-11)10-6-4-3-5-7-10/h3-9H,1-2H3,(H,17,18)(H,19,20)/b16-8-. The molecule has 0 spiro atoms. The Morgan fingerprint density at radius 3 is 2.81 bits per heavy atom. The van der Waals surface area contributed by atoms with Crippen LogP contribution in [0.2, 0.25) is 5.15 Å². The van der Waals surface area contributed by atoms with E-state index in [9.17, 15) is 0 Å². The van der Waals surface area contributed by atoms with Crippen LogP contribution < -0.4 is 5.43 Å². The largest absolute Gasteiger partial charge is 0.328 e. The molecule has 0 bridgehead atoms. The average Bonchev–Trinajstić information content (AvgIpc) is 2.80. The minimum atomic E-state index is 0.416. The normalized spacial score (nSPS) is 11.2. The molecule has 2 rings (SSSR count). The monoisotopic (exact) mass is 338 g/mol. The van der Waals surface area contributed by atoms with E-state index in [-0.39, 0.29) is 0 Å². The number of hydrogen-bond acceptors (Lipinski definition) is 4. The minimum absolute atomic E-state index is 0.416. The maximum atomic E-state index is 6.12. The van der Waals surface area contributed by atoms with Gasteiger partial charge in [0.2, 0.25) is 0 Å². The van der Waals surface area contributed by atoms with Crippen molar-refractivity contribution in [2.45, 2.75) is 19.1 Å². The molecule has 0 fully saturated rings. The van der Waals surface area contributed by atoms with E-state index in [2.05, 4.69) is 34.3 Å². The van der Waals surface area contributed by atoms with Crippen molar-refractivity contribution in [3.05, 3.63) is 41.2 Å². The molecule has 21 heavy (non-hydrogen) atoms. The van der Waals surface area contributed by atoms with Crippen molar-refractivity contribution in [2.24, 2.45) is 5.10 Å². The summed E-state index contributed by atoms with van der Waals surface area (Å²) in [6, 6.07) is 9.77. The molecule has 0 atom stereocenters. The molecule has 0 saturated heterocycles. The van der Waals surface area contributed by atoms with Crippen LogP contribution in [0.25, 0.3) is 11.4 Å². The van der Waals surface area contributed by atoms with E-state index in [0.717, 1.165) is 5.56 Å². The lowest BCUT2D eigenvalue weighted by Gasteiger charge is -2.03. The highest BCUT2D eigenvalue weighted by Crippen LogP contribution is 2.20. The first-order valence-corrected chi connectivity index (χ1v) is 8.03. The number of benzene rings is 1. The van der Waals surface area contributed by atoms with Crippen molar-refractivity contribution in [1.29, 1.82) is 0 Å². The van der Waals surface area contributed by atoms with E-state index >= 15 is 0 Å². The van der Waals surface area contributed by atoms with Gasteiger partial charge in [-0.1, -0.05) is 79.8 Å². The van der Waals surface area contributed by atoms with Crippen LogP contribution in [0.1, 0.15) is 19.5 Å². The lowest BCUT2D eigenvalue weighted by molar-refractivity contribution is 1.06. The van der Waals surface area contributed by atoms with Gasteiger partial charge in [0.1, 0.15) is 16.7 Å². The predicted molar refractivity (Wildman–Crippen MR) is 95.1 cm³/mol. The van der Waals surface area contributed by atoms with Gasteiger partial charge >= 0.3 is 0 Å². The summed E-state index contributed by atoms with van der Waals surface area (Å²) in [6.07, 6.45) is 1.55. The van der Waals surface area contributed by atoms with E-state index < -0.39 is 0 Å². The summed E-state index contributed by atoms with van der Waals surface area (Å²) in [4.78, 5) is 7.44. The van der Waals surface area contributed by atoms with E-state index in [4.69, 9.17) is 23.8 Å². The van der Waals surface area contributed by atoms with Gasteiger partial charge in [0.05, 0.1) is 6.21 Å². The third kappa shape index (κ3) is 4.84. The molecule has 2 N–H and O–H groups in total. The number of thiocarbonyl (C=S) groups is 1. The highest BCUT2D eigenvalue weighted by atomic mass is 35.5. The Kier molecular flexibility index (Phi) is 5.78. The van der Waals surface area contributed by atoms with Crippen LogP contribution in [-0.4, -0.2) is 25.8 Å². The molecule has 110 valence electrons. The van der Waals surface area contributed by atoms with Crippen LogP contribution in [0.3, 0.4) is 0 Å². The number of hydrazone groups is 1. The second kappa shape index (κ2) is 7.59. The van der Waals surface area contributed by atoms with Gasteiger partial charge in [-0.3, -0.25) is 5.43 Å². The van der Waals surface area contributed by atoms with Gasteiger partial charge in [0.25, 0.3) is 0 Å². The topological polar surface area (TPSA) is 53.1 Å². The van der Waals surface area contributed by atoms with Crippen LogP contribution >= 0.6 is 35.6 Å². The molecule has 7 heteroatoms. The fourth-order valence-corrected chi connectivity index (χ4v) is 2.91. The van der Waals surface area contributed by atoms with Gasteiger partial charge in [-0.05, 0) is 0 Å². The van der Waals surface area contributed by atoms with Crippen molar-refractivity contribution in [1.82, 2.24) is 15.4 Å². The van der Waals surface area contributed by atoms with Gasteiger partial charge in [-0.15, -0.1) is 0 Å². The van der Waals surface area contributed by atoms with Crippen LogP contribution in [0.4, 0.5) is 0 Å². The van der Waals surface area contributed by atoms with E-state index in [1.54, 1.807) is 18.0 Å². The van der Waals surface area contributed by atoms with E-state index in [1.807, 2.05) is 30.3 Å². The highest BCUT2D eigenvalue weighted by molar-refractivity contribution is 8.23. The molecule has 0 aliphatic rings. The maximum absolute atomic E-state index is 6.12. The smallest absolute Gasteiger partial charge is 0.154 e. The second-order valence-corrected chi connectivity index (χ2v) is 7.11. The molecule has 4 nitrogen and oxygen atoms in total.